The van der Waals surface area contributed by atoms with Crippen molar-refractivity contribution in [3.8, 4) is 12.0 Å². The summed E-state index contributed by atoms with van der Waals surface area (Å²) >= 11 is 0. The minimum Gasteiger partial charge on any atom is -0.479 e. The van der Waals surface area contributed by atoms with Gasteiger partial charge in [0.05, 0.1) is 0 Å². The number of aromatic nitrogens is 3. The van der Waals surface area contributed by atoms with Crippen LogP contribution in [0.3, 0.4) is 0 Å². The Bertz CT molecular complexity index is 579. The molecule has 1 aromatic heterocycles. The molecule has 3 N–H and O–H groups in total. The lowest BCUT2D eigenvalue weighted by atomic mass is 10.1. The van der Waals surface area contributed by atoms with Crippen molar-refractivity contribution < 1.29 is 10.2 Å². The summed E-state index contributed by atoms with van der Waals surface area (Å²) in [5.74, 6) is 0.176. The van der Waals surface area contributed by atoms with Crippen LogP contribution in [0.2, 0.25) is 0 Å². The maximum absolute atomic E-state index is 9.12. The Morgan fingerprint density at radius 3 is 2.29 bits per heavy atom. The van der Waals surface area contributed by atoms with E-state index in [1.807, 2.05) is 6.08 Å². The summed E-state index contributed by atoms with van der Waals surface area (Å²) in [5, 5.41) is 21.2. The van der Waals surface area contributed by atoms with Crippen LogP contribution in [-0.4, -0.2) is 31.7 Å². The van der Waals surface area contributed by atoms with Crippen LogP contribution in [0.1, 0.15) is 24.0 Å². The first kappa shape index (κ1) is 14.8. The largest absolute Gasteiger partial charge is 0.479 e. The summed E-state index contributed by atoms with van der Waals surface area (Å²) < 4.78 is 0. The minimum atomic E-state index is -0.493. The van der Waals surface area contributed by atoms with Gasteiger partial charge >= 0.3 is 12.0 Å². The highest BCUT2D eigenvalue weighted by Gasteiger charge is 2.03. The highest BCUT2D eigenvalue weighted by molar-refractivity contribution is 5.47. The molecule has 2 rings (SSSR count). The van der Waals surface area contributed by atoms with E-state index < -0.39 is 12.0 Å². The molecule has 110 valence electrons. The third kappa shape index (κ3) is 4.76. The predicted octanol–water partition coefficient (Wildman–Crippen LogP) is 2.36. The number of nitrogens with zero attached hydrogens (tertiary/aromatic N) is 3. The van der Waals surface area contributed by atoms with Crippen LogP contribution in [0.25, 0.3) is 6.08 Å². The number of anilines is 1. The van der Waals surface area contributed by atoms with Gasteiger partial charge in [0.15, 0.2) is 0 Å². The van der Waals surface area contributed by atoms with Gasteiger partial charge in [-0.25, -0.2) is 0 Å². The molecule has 0 aliphatic heterocycles. The van der Waals surface area contributed by atoms with Crippen molar-refractivity contribution in [3.05, 3.63) is 42.0 Å². The molecule has 1 heterocycles. The molecule has 0 unspecified atom stereocenters. The van der Waals surface area contributed by atoms with Gasteiger partial charge in [-0.2, -0.15) is 9.97 Å². The SMILES string of the molecule is C=Cc1ccc(CCCCNc2nc(O)nc(O)n2)cc1. The van der Waals surface area contributed by atoms with E-state index in [2.05, 4.69) is 51.1 Å². The summed E-state index contributed by atoms with van der Waals surface area (Å²) in [6.07, 6.45) is 4.76. The van der Waals surface area contributed by atoms with Crippen LogP contribution in [0.5, 0.6) is 12.0 Å². The number of rotatable bonds is 7. The molecule has 1 aromatic carbocycles. The molecule has 0 atom stereocenters. The van der Waals surface area contributed by atoms with Gasteiger partial charge in [-0.05, 0) is 30.4 Å². The summed E-state index contributed by atoms with van der Waals surface area (Å²) in [5.41, 5.74) is 2.41. The molecule has 0 amide bonds. The van der Waals surface area contributed by atoms with Crippen molar-refractivity contribution in [2.24, 2.45) is 0 Å². The standard InChI is InChI=1S/C15H18N4O2/c1-2-11-6-8-12(9-7-11)5-3-4-10-16-13-17-14(20)19-15(21)18-13/h2,6-9H,1,3-5,10H2,(H3,16,17,18,19,20,21). The Balaban J connectivity index is 1.70. The summed E-state index contributed by atoms with van der Waals surface area (Å²) in [4.78, 5) is 10.6. The number of hydrogen-bond donors (Lipinski definition) is 3. The van der Waals surface area contributed by atoms with E-state index in [4.69, 9.17) is 10.2 Å². The van der Waals surface area contributed by atoms with Gasteiger partial charge in [0.1, 0.15) is 0 Å². The Kier molecular flexibility index (Phi) is 5.09. The third-order valence-corrected chi connectivity index (χ3v) is 3.00. The maximum Gasteiger partial charge on any atom is 0.321 e. The van der Waals surface area contributed by atoms with E-state index in [1.165, 1.54) is 5.56 Å². The third-order valence-electron chi connectivity index (χ3n) is 3.00. The van der Waals surface area contributed by atoms with Crippen molar-refractivity contribution in [1.29, 1.82) is 0 Å². The quantitative estimate of drug-likeness (QED) is 0.677. The first-order chi connectivity index (χ1) is 10.2. The van der Waals surface area contributed by atoms with Crippen LogP contribution >= 0.6 is 0 Å². The molecule has 0 radical (unpaired) electrons. The van der Waals surface area contributed by atoms with E-state index in [9.17, 15) is 0 Å². The molecule has 0 spiro atoms. The highest BCUT2D eigenvalue weighted by Crippen LogP contribution is 2.11. The van der Waals surface area contributed by atoms with Crippen LogP contribution < -0.4 is 5.32 Å². The summed E-state index contributed by atoms with van der Waals surface area (Å²) in [6, 6.07) is 7.33. The van der Waals surface area contributed by atoms with Gasteiger partial charge in [0, 0.05) is 6.54 Å². The number of aromatic hydroxyl groups is 2. The van der Waals surface area contributed by atoms with Gasteiger partial charge in [-0.15, -0.1) is 4.98 Å². The number of nitrogens with one attached hydrogen (secondary N) is 1. The van der Waals surface area contributed by atoms with E-state index >= 15 is 0 Å². The van der Waals surface area contributed by atoms with E-state index in [0.717, 1.165) is 24.8 Å². The van der Waals surface area contributed by atoms with Gasteiger partial charge in [0.25, 0.3) is 0 Å². The molecular formula is C15H18N4O2. The summed E-state index contributed by atoms with van der Waals surface area (Å²) in [6.45, 7) is 4.39. The predicted molar refractivity (Wildman–Crippen MR) is 81.1 cm³/mol. The van der Waals surface area contributed by atoms with Crippen LogP contribution in [-0.2, 0) is 6.42 Å². The topological polar surface area (TPSA) is 91.2 Å². The van der Waals surface area contributed by atoms with Crippen molar-refractivity contribution in [2.45, 2.75) is 19.3 Å². The molecule has 6 nitrogen and oxygen atoms in total. The molecule has 0 saturated carbocycles. The highest BCUT2D eigenvalue weighted by atomic mass is 16.3. The molecule has 0 bridgehead atoms. The zero-order valence-electron chi connectivity index (χ0n) is 11.7. The molecule has 21 heavy (non-hydrogen) atoms. The average Bonchev–Trinajstić information content (AvgIpc) is 2.46. The fourth-order valence-electron chi connectivity index (χ4n) is 1.91. The van der Waals surface area contributed by atoms with Gasteiger partial charge in [0.2, 0.25) is 5.95 Å². The van der Waals surface area contributed by atoms with Crippen molar-refractivity contribution in [3.63, 3.8) is 0 Å². The van der Waals surface area contributed by atoms with E-state index in [-0.39, 0.29) is 5.95 Å². The lowest BCUT2D eigenvalue weighted by molar-refractivity contribution is 0.383. The zero-order valence-corrected chi connectivity index (χ0v) is 11.7. The number of benzene rings is 1. The first-order valence-corrected chi connectivity index (χ1v) is 6.76. The number of aryl methyl sites for hydroxylation is 1. The lowest BCUT2D eigenvalue weighted by Crippen LogP contribution is -2.06. The number of unbranched alkanes of at least 4 members (excludes halogenated alkanes) is 1. The first-order valence-electron chi connectivity index (χ1n) is 6.76. The second-order valence-electron chi connectivity index (χ2n) is 4.59. The van der Waals surface area contributed by atoms with Crippen LogP contribution in [0, 0.1) is 0 Å². The Hall–Kier alpha value is -2.63. The lowest BCUT2D eigenvalue weighted by Gasteiger charge is -2.05. The molecule has 0 aliphatic rings. The zero-order chi connectivity index (χ0) is 15.1. The molecule has 0 saturated heterocycles. The van der Waals surface area contributed by atoms with Crippen LogP contribution in [0.15, 0.2) is 30.8 Å². The average molecular weight is 286 g/mol. The van der Waals surface area contributed by atoms with Crippen molar-refractivity contribution in [1.82, 2.24) is 15.0 Å². The molecule has 6 heteroatoms. The second kappa shape index (κ2) is 7.23. The van der Waals surface area contributed by atoms with Gasteiger partial charge in [-0.3, -0.25) is 0 Å². The van der Waals surface area contributed by atoms with Gasteiger partial charge in [-0.1, -0.05) is 36.9 Å². The smallest absolute Gasteiger partial charge is 0.321 e. The second-order valence-corrected chi connectivity index (χ2v) is 4.59. The fourth-order valence-corrected chi connectivity index (χ4v) is 1.91. The molecule has 0 aliphatic carbocycles. The minimum absolute atomic E-state index is 0.176. The summed E-state index contributed by atoms with van der Waals surface area (Å²) in [7, 11) is 0. The maximum atomic E-state index is 9.12. The van der Waals surface area contributed by atoms with Crippen molar-refractivity contribution >= 4 is 12.0 Å². The normalized spacial score (nSPS) is 10.3. The molecular weight excluding hydrogens is 268 g/mol. The Labute approximate surface area is 123 Å². The van der Waals surface area contributed by atoms with E-state index in [1.54, 1.807) is 0 Å². The fraction of sp³-hybridized carbons (Fsp3) is 0.267. The monoisotopic (exact) mass is 286 g/mol. The molecule has 0 fully saturated rings. The van der Waals surface area contributed by atoms with Crippen LogP contribution in [0.4, 0.5) is 5.95 Å². The Morgan fingerprint density at radius 2 is 1.67 bits per heavy atom. The molecule has 2 aromatic rings. The van der Waals surface area contributed by atoms with E-state index in [0.29, 0.717) is 6.54 Å². The Morgan fingerprint density at radius 1 is 1.00 bits per heavy atom. The van der Waals surface area contributed by atoms with Gasteiger partial charge < -0.3 is 15.5 Å². The van der Waals surface area contributed by atoms with Crippen molar-refractivity contribution in [2.75, 3.05) is 11.9 Å². The number of hydrogen-bond acceptors (Lipinski definition) is 6.